The molecule has 2 amide bonds. The van der Waals surface area contributed by atoms with E-state index in [0.717, 1.165) is 37.7 Å². The normalized spacial score (nSPS) is 17.0. The zero-order valence-corrected chi connectivity index (χ0v) is 12.0. The summed E-state index contributed by atoms with van der Waals surface area (Å²) in [6.45, 7) is 0.378. The number of hydrogen-bond acceptors (Lipinski definition) is 3. The van der Waals surface area contributed by atoms with E-state index in [-0.39, 0.29) is 12.5 Å². The number of nitrogens with zero attached hydrogens (tertiary/aromatic N) is 1. The molecule has 1 aromatic heterocycles. The molecule has 0 saturated heterocycles. The third-order valence-electron chi connectivity index (χ3n) is 3.85. The van der Waals surface area contributed by atoms with Crippen molar-refractivity contribution in [3.63, 3.8) is 0 Å². The molecule has 0 aliphatic heterocycles. The molecule has 0 aromatic carbocycles. The number of carboxylic acid groups (broad SMARTS) is 1. The zero-order valence-electron chi connectivity index (χ0n) is 12.0. The van der Waals surface area contributed by atoms with Gasteiger partial charge in [0.2, 0.25) is 0 Å². The molecule has 6 heteroatoms. The highest BCUT2D eigenvalue weighted by Gasteiger charge is 2.35. The van der Waals surface area contributed by atoms with Gasteiger partial charge in [0.15, 0.2) is 0 Å². The molecule has 3 N–H and O–H groups in total. The highest BCUT2D eigenvalue weighted by atomic mass is 16.4. The van der Waals surface area contributed by atoms with Crippen LogP contribution in [0, 0.1) is 0 Å². The van der Waals surface area contributed by atoms with Crippen LogP contribution in [0.25, 0.3) is 0 Å². The van der Waals surface area contributed by atoms with E-state index < -0.39 is 11.5 Å². The van der Waals surface area contributed by atoms with E-state index in [2.05, 4.69) is 15.6 Å². The highest BCUT2D eigenvalue weighted by molar-refractivity contribution is 5.76. The summed E-state index contributed by atoms with van der Waals surface area (Å²) in [7, 11) is 0. The van der Waals surface area contributed by atoms with E-state index in [4.69, 9.17) is 5.11 Å². The molecule has 0 spiro atoms. The summed E-state index contributed by atoms with van der Waals surface area (Å²) in [6.07, 6.45) is 7.79. The van der Waals surface area contributed by atoms with Crippen molar-refractivity contribution >= 4 is 12.0 Å². The fraction of sp³-hybridized carbons (Fsp3) is 0.533. The average molecular weight is 291 g/mol. The molecule has 0 bridgehead atoms. The van der Waals surface area contributed by atoms with Gasteiger partial charge in [-0.3, -0.25) is 9.78 Å². The van der Waals surface area contributed by atoms with Gasteiger partial charge in [0.1, 0.15) is 0 Å². The molecule has 0 atom stereocenters. The lowest BCUT2D eigenvalue weighted by Crippen LogP contribution is -2.54. The zero-order chi connectivity index (χ0) is 15.1. The van der Waals surface area contributed by atoms with Crippen molar-refractivity contribution in [2.24, 2.45) is 0 Å². The Morgan fingerprint density at radius 1 is 1.29 bits per heavy atom. The van der Waals surface area contributed by atoms with Crippen molar-refractivity contribution in [1.29, 1.82) is 0 Å². The van der Waals surface area contributed by atoms with Crippen molar-refractivity contribution in [1.82, 2.24) is 15.6 Å². The standard InChI is InChI=1S/C15H21N3O3/c19-13(20)9-15(6-2-1-3-7-15)18-14(21)17-11-12-5-4-8-16-10-12/h4-5,8,10H,1-3,6-7,9,11H2,(H,19,20)(H2,17,18,21). The quantitative estimate of drug-likeness (QED) is 0.774. The Kier molecular flexibility index (Phi) is 5.14. The number of pyridine rings is 1. The molecule has 6 nitrogen and oxygen atoms in total. The maximum absolute atomic E-state index is 12.0. The molecule has 2 rings (SSSR count). The largest absolute Gasteiger partial charge is 0.481 e. The second kappa shape index (κ2) is 7.06. The third-order valence-corrected chi connectivity index (χ3v) is 3.85. The SMILES string of the molecule is O=C(O)CC1(NC(=O)NCc2cccnc2)CCCCC1. The van der Waals surface area contributed by atoms with Gasteiger partial charge >= 0.3 is 12.0 Å². The number of carbonyl (C=O) groups is 2. The summed E-state index contributed by atoms with van der Waals surface area (Å²) in [4.78, 5) is 27.1. The van der Waals surface area contributed by atoms with Crippen molar-refractivity contribution in [2.75, 3.05) is 0 Å². The van der Waals surface area contributed by atoms with Crippen LogP contribution >= 0.6 is 0 Å². The lowest BCUT2D eigenvalue weighted by molar-refractivity contribution is -0.139. The first-order chi connectivity index (χ1) is 10.1. The summed E-state index contributed by atoms with van der Waals surface area (Å²) in [6, 6.07) is 3.37. The fourth-order valence-corrected chi connectivity index (χ4v) is 2.83. The van der Waals surface area contributed by atoms with Crippen molar-refractivity contribution in [3.8, 4) is 0 Å². The smallest absolute Gasteiger partial charge is 0.315 e. The lowest BCUT2D eigenvalue weighted by Gasteiger charge is -2.36. The van der Waals surface area contributed by atoms with Gasteiger partial charge in [-0.1, -0.05) is 25.3 Å². The van der Waals surface area contributed by atoms with E-state index in [1.165, 1.54) is 0 Å². The van der Waals surface area contributed by atoms with Crippen LogP contribution < -0.4 is 10.6 Å². The molecule has 21 heavy (non-hydrogen) atoms. The van der Waals surface area contributed by atoms with Crippen LogP contribution in [0.3, 0.4) is 0 Å². The Bertz CT molecular complexity index is 484. The Hall–Kier alpha value is -2.11. The number of rotatable bonds is 5. The van der Waals surface area contributed by atoms with Crippen LogP contribution in [0.1, 0.15) is 44.1 Å². The fourth-order valence-electron chi connectivity index (χ4n) is 2.83. The first kappa shape index (κ1) is 15.3. The van der Waals surface area contributed by atoms with Crippen LogP contribution in [0.4, 0.5) is 4.79 Å². The van der Waals surface area contributed by atoms with Gasteiger partial charge in [-0.2, -0.15) is 0 Å². The maximum atomic E-state index is 12.0. The Balaban J connectivity index is 1.90. The molecule has 0 radical (unpaired) electrons. The number of carboxylic acids is 1. The molecule has 1 saturated carbocycles. The van der Waals surface area contributed by atoms with Gasteiger partial charge in [0, 0.05) is 18.9 Å². The van der Waals surface area contributed by atoms with Gasteiger partial charge in [0.05, 0.1) is 12.0 Å². The number of urea groups is 1. The Labute approximate surface area is 124 Å². The Morgan fingerprint density at radius 2 is 2.05 bits per heavy atom. The number of hydrogen-bond donors (Lipinski definition) is 3. The van der Waals surface area contributed by atoms with E-state index in [1.807, 2.05) is 12.1 Å². The van der Waals surface area contributed by atoms with Crippen LogP contribution in [0.15, 0.2) is 24.5 Å². The number of nitrogens with one attached hydrogen (secondary N) is 2. The molecule has 1 heterocycles. The minimum Gasteiger partial charge on any atom is -0.481 e. The molecular formula is C15H21N3O3. The monoisotopic (exact) mass is 291 g/mol. The van der Waals surface area contributed by atoms with E-state index >= 15 is 0 Å². The molecule has 1 aliphatic rings. The molecule has 1 aliphatic carbocycles. The van der Waals surface area contributed by atoms with Crippen LogP contribution in [0.2, 0.25) is 0 Å². The summed E-state index contributed by atoms with van der Waals surface area (Å²) in [5.41, 5.74) is 0.298. The topological polar surface area (TPSA) is 91.3 Å². The molecular weight excluding hydrogens is 270 g/mol. The summed E-state index contributed by atoms with van der Waals surface area (Å²) in [5, 5.41) is 14.7. The number of amides is 2. The Morgan fingerprint density at radius 3 is 2.67 bits per heavy atom. The van der Waals surface area contributed by atoms with Crippen molar-refractivity contribution in [3.05, 3.63) is 30.1 Å². The highest BCUT2D eigenvalue weighted by Crippen LogP contribution is 2.31. The average Bonchev–Trinajstić information content (AvgIpc) is 2.46. The lowest BCUT2D eigenvalue weighted by atomic mass is 9.79. The number of aromatic nitrogens is 1. The summed E-state index contributed by atoms with van der Waals surface area (Å²) in [5.74, 6) is -0.871. The summed E-state index contributed by atoms with van der Waals surface area (Å²) < 4.78 is 0. The third kappa shape index (κ3) is 4.73. The molecule has 1 fully saturated rings. The van der Waals surface area contributed by atoms with Gasteiger partial charge in [-0.15, -0.1) is 0 Å². The maximum Gasteiger partial charge on any atom is 0.315 e. The van der Waals surface area contributed by atoms with E-state index in [0.29, 0.717) is 6.54 Å². The van der Waals surface area contributed by atoms with Crippen LogP contribution in [-0.4, -0.2) is 27.6 Å². The van der Waals surface area contributed by atoms with Crippen molar-refractivity contribution in [2.45, 2.75) is 50.6 Å². The number of carbonyl (C=O) groups excluding carboxylic acids is 1. The first-order valence-corrected chi connectivity index (χ1v) is 7.26. The predicted octanol–water partition coefficient (Wildman–Crippen LogP) is 2.06. The molecule has 1 aromatic rings. The van der Waals surface area contributed by atoms with Gasteiger partial charge in [0.25, 0.3) is 0 Å². The summed E-state index contributed by atoms with van der Waals surface area (Å²) >= 11 is 0. The second-order valence-electron chi connectivity index (χ2n) is 5.58. The van der Waals surface area contributed by atoms with E-state index in [9.17, 15) is 9.59 Å². The first-order valence-electron chi connectivity index (χ1n) is 7.26. The minimum absolute atomic E-state index is 0.0205. The molecule has 0 unspecified atom stereocenters. The second-order valence-corrected chi connectivity index (χ2v) is 5.58. The van der Waals surface area contributed by atoms with Crippen molar-refractivity contribution < 1.29 is 14.7 Å². The number of aliphatic carboxylic acids is 1. The van der Waals surface area contributed by atoms with Crippen LogP contribution in [0.5, 0.6) is 0 Å². The van der Waals surface area contributed by atoms with Gasteiger partial charge in [-0.05, 0) is 24.5 Å². The minimum atomic E-state index is -0.871. The van der Waals surface area contributed by atoms with Gasteiger partial charge in [-0.25, -0.2) is 4.79 Å². The van der Waals surface area contributed by atoms with Crippen LogP contribution in [-0.2, 0) is 11.3 Å². The predicted molar refractivity (Wildman–Crippen MR) is 77.7 cm³/mol. The van der Waals surface area contributed by atoms with Gasteiger partial charge < -0.3 is 15.7 Å². The van der Waals surface area contributed by atoms with E-state index in [1.54, 1.807) is 12.4 Å². The molecule has 114 valence electrons.